The SMILES string of the molecule is CC(C)CC(OC1C=CCCC1)C(F)(F)C(=O)O. The molecule has 1 aliphatic carbocycles. The Morgan fingerprint density at radius 1 is 1.56 bits per heavy atom. The van der Waals surface area contributed by atoms with Gasteiger partial charge in [0.05, 0.1) is 6.10 Å². The van der Waals surface area contributed by atoms with Crippen LogP contribution in [0, 0.1) is 5.92 Å². The minimum atomic E-state index is -3.84. The molecule has 0 saturated heterocycles. The zero-order valence-corrected chi connectivity index (χ0v) is 10.7. The topological polar surface area (TPSA) is 46.5 Å². The Labute approximate surface area is 106 Å². The van der Waals surface area contributed by atoms with Gasteiger partial charge in [0.15, 0.2) is 0 Å². The van der Waals surface area contributed by atoms with Crippen molar-refractivity contribution in [3.8, 4) is 0 Å². The fourth-order valence-corrected chi connectivity index (χ4v) is 1.96. The molecule has 0 amide bonds. The Hall–Kier alpha value is -0.970. The number of halogens is 2. The van der Waals surface area contributed by atoms with E-state index in [9.17, 15) is 13.6 Å². The van der Waals surface area contributed by atoms with Gasteiger partial charge in [-0.1, -0.05) is 26.0 Å². The van der Waals surface area contributed by atoms with Crippen LogP contribution in [0.5, 0.6) is 0 Å². The van der Waals surface area contributed by atoms with E-state index in [-0.39, 0.29) is 12.3 Å². The minimum Gasteiger partial charge on any atom is -0.477 e. The predicted octanol–water partition coefficient (Wildman–Crippen LogP) is 3.25. The van der Waals surface area contributed by atoms with E-state index in [1.165, 1.54) is 0 Å². The normalized spacial score (nSPS) is 22.2. The van der Waals surface area contributed by atoms with Crippen LogP contribution in [0.3, 0.4) is 0 Å². The van der Waals surface area contributed by atoms with Crippen LogP contribution >= 0.6 is 0 Å². The summed E-state index contributed by atoms with van der Waals surface area (Å²) in [5.41, 5.74) is 0. The first-order valence-corrected chi connectivity index (χ1v) is 6.27. The Bertz CT molecular complexity index is 313. The lowest BCUT2D eigenvalue weighted by atomic mass is 9.99. The molecule has 0 aliphatic heterocycles. The quantitative estimate of drug-likeness (QED) is 0.747. The van der Waals surface area contributed by atoms with Crippen LogP contribution in [-0.2, 0) is 9.53 Å². The van der Waals surface area contributed by atoms with E-state index in [0.717, 1.165) is 12.8 Å². The van der Waals surface area contributed by atoms with E-state index in [1.807, 2.05) is 6.08 Å². The van der Waals surface area contributed by atoms with Crippen molar-refractivity contribution in [2.24, 2.45) is 5.92 Å². The van der Waals surface area contributed by atoms with Gasteiger partial charge >= 0.3 is 11.9 Å². The lowest BCUT2D eigenvalue weighted by Crippen LogP contribution is -2.45. The van der Waals surface area contributed by atoms with Gasteiger partial charge in [-0.25, -0.2) is 4.79 Å². The highest BCUT2D eigenvalue weighted by Crippen LogP contribution is 2.29. The highest BCUT2D eigenvalue weighted by molar-refractivity contribution is 5.76. The van der Waals surface area contributed by atoms with Crippen molar-refractivity contribution >= 4 is 5.97 Å². The summed E-state index contributed by atoms with van der Waals surface area (Å²) in [7, 11) is 0. The molecule has 0 radical (unpaired) electrons. The van der Waals surface area contributed by atoms with E-state index in [2.05, 4.69) is 0 Å². The standard InChI is InChI=1S/C13H20F2O3/c1-9(2)8-11(13(14,15)12(16)17)18-10-6-4-3-5-7-10/h4,6,9-11H,3,5,7-8H2,1-2H3,(H,16,17). The summed E-state index contributed by atoms with van der Waals surface area (Å²) in [6, 6.07) is 0. The first-order chi connectivity index (χ1) is 8.34. The molecule has 3 nitrogen and oxygen atoms in total. The molecule has 0 bridgehead atoms. The molecule has 0 aromatic heterocycles. The van der Waals surface area contributed by atoms with Gasteiger partial charge in [-0.3, -0.25) is 0 Å². The number of hydrogen-bond donors (Lipinski definition) is 1. The van der Waals surface area contributed by atoms with Gasteiger partial charge in [0.1, 0.15) is 6.10 Å². The second-order valence-corrected chi connectivity index (χ2v) is 5.08. The summed E-state index contributed by atoms with van der Waals surface area (Å²) in [6.45, 7) is 3.54. The molecule has 2 atom stereocenters. The van der Waals surface area contributed by atoms with E-state index in [4.69, 9.17) is 9.84 Å². The van der Waals surface area contributed by atoms with E-state index in [0.29, 0.717) is 6.42 Å². The Balaban J connectivity index is 2.74. The Morgan fingerprint density at radius 2 is 2.22 bits per heavy atom. The average molecular weight is 262 g/mol. The highest BCUT2D eigenvalue weighted by Gasteiger charge is 2.49. The molecule has 0 aromatic carbocycles. The fourth-order valence-electron chi connectivity index (χ4n) is 1.96. The monoisotopic (exact) mass is 262 g/mol. The maximum absolute atomic E-state index is 13.6. The molecule has 1 rings (SSSR count). The van der Waals surface area contributed by atoms with Crippen LogP contribution in [0.4, 0.5) is 8.78 Å². The number of carboxylic acids is 1. The van der Waals surface area contributed by atoms with Crippen LogP contribution in [0.2, 0.25) is 0 Å². The minimum absolute atomic E-state index is 0.0314. The van der Waals surface area contributed by atoms with Crippen LogP contribution in [0.1, 0.15) is 39.5 Å². The summed E-state index contributed by atoms with van der Waals surface area (Å²) in [5.74, 6) is -6.00. The van der Waals surface area contributed by atoms with Crippen molar-refractivity contribution in [2.45, 2.75) is 57.7 Å². The maximum Gasteiger partial charge on any atom is 0.377 e. The van der Waals surface area contributed by atoms with E-state index >= 15 is 0 Å². The molecule has 0 heterocycles. The predicted molar refractivity (Wildman–Crippen MR) is 63.7 cm³/mol. The third-order valence-corrected chi connectivity index (χ3v) is 2.92. The molecular formula is C13H20F2O3. The number of carboxylic acid groups (broad SMARTS) is 1. The Morgan fingerprint density at radius 3 is 2.67 bits per heavy atom. The zero-order chi connectivity index (χ0) is 13.8. The number of aliphatic carboxylic acids is 1. The molecule has 0 saturated carbocycles. The fraction of sp³-hybridized carbons (Fsp3) is 0.769. The lowest BCUT2D eigenvalue weighted by molar-refractivity contribution is -0.196. The number of alkyl halides is 2. The van der Waals surface area contributed by atoms with Crippen LogP contribution < -0.4 is 0 Å². The third kappa shape index (κ3) is 4.05. The summed E-state index contributed by atoms with van der Waals surface area (Å²) in [5, 5.41) is 8.61. The van der Waals surface area contributed by atoms with Crippen molar-refractivity contribution in [3.63, 3.8) is 0 Å². The molecular weight excluding hydrogens is 242 g/mol. The van der Waals surface area contributed by atoms with Crippen molar-refractivity contribution < 1.29 is 23.4 Å². The summed E-state index contributed by atoms with van der Waals surface area (Å²) >= 11 is 0. The molecule has 1 N–H and O–H groups in total. The largest absolute Gasteiger partial charge is 0.477 e. The molecule has 5 heteroatoms. The number of ether oxygens (including phenoxy) is 1. The molecule has 0 spiro atoms. The first-order valence-electron chi connectivity index (χ1n) is 6.27. The summed E-state index contributed by atoms with van der Waals surface area (Å²) in [6.07, 6.45) is 4.17. The van der Waals surface area contributed by atoms with E-state index in [1.54, 1.807) is 19.9 Å². The van der Waals surface area contributed by atoms with Gasteiger partial charge in [0.25, 0.3) is 0 Å². The van der Waals surface area contributed by atoms with Crippen LogP contribution in [0.25, 0.3) is 0 Å². The first kappa shape index (κ1) is 15.1. The average Bonchev–Trinajstić information content (AvgIpc) is 2.28. The number of allylic oxidation sites excluding steroid dienone is 1. The summed E-state index contributed by atoms with van der Waals surface area (Å²) in [4.78, 5) is 10.6. The van der Waals surface area contributed by atoms with Gasteiger partial charge in [-0.15, -0.1) is 0 Å². The van der Waals surface area contributed by atoms with Gasteiger partial charge in [-0.05, 0) is 31.6 Å². The molecule has 0 aromatic rings. The van der Waals surface area contributed by atoms with Crippen molar-refractivity contribution in [1.82, 2.24) is 0 Å². The molecule has 2 unspecified atom stereocenters. The smallest absolute Gasteiger partial charge is 0.377 e. The van der Waals surface area contributed by atoms with Crippen molar-refractivity contribution in [3.05, 3.63) is 12.2 Å². The molecule has 18 heavy (non-hydrogen) atoms. The zero-order valence-electron chi connectivity index (χ0n) is 10.7. The second kappa shape index (κ2) is 6.27. The highest BCUT2D eigenvalue weighted by atomic mass is 19.3. The van der Waals surface area contributed by atoms with Gasteiger partial charge in [0.2, 0.25) is 0 Å². The Kier molecular flexibility index (Phi) is 5.26. The molecule has 104 valence electrons. The number of hydrogen-bond acceptors (Lipinski definition) is 2. The second-order valence-electron chi connectivity index (χ2n) is 5.08. The summed E-state index contributed by atoms with van der Waals surface area (Å²) < 4.78 is 32.5. The van der Waals surface area contributed by atoms with Crippen LogP contribution in [-0.4, -0.2) is 29.2 Å². The lowest BCUT2D eigenvalue weighted by Gasteiger charge is -2.29. The van der Waals surface area contributed by atoms with E-state index < -0.39 is 24.1 Å². The van der Waals surface area contributed by atoms with Crippen molar-refractivity contribution in [1.29, 1.82) is 0 Å². The maximum atomic E-state index is 13.6. The molecule has 1 aliphatic rings. The molecule has 0 fully saturated rings. The number of rotatable bonds is 6. The van der Waals surface area contributed by atoms with Gasteiger partial charge in [0, 0.05) is 0 Å². The van der Waals surface area contributed by atoms with Gasteiger partial charge in [-0.2, -0.15) is 8.78 Å². The number of carbonyl (C=O) groups is 1. The third-order valence-electron chi connectivity index (χ3n) is 2.92. The van der Waals surface area contributed by atoms with Gasteiger partial charge < -0.3 is 9.84 Å². The van der Waals surface area contributed by atoms with Crippen LogP contribution in [0.15, 0.2) is 12.2 Å². The van der Waals surface area contributed by atoms with Crippen molar-refractivity contribution in [2.75, 3.05) is 0 Å².